The van der Waals surface area contributed by atoms with Crippen LogP contribution in [0, 0.1) is 17.0 Å². The fraction of sp³-hybridized carbons (Fsp3) is 0.250. The summed E-state index contributed by atoms with van der Waals surface area (Å²) in [6.07, 6.45) is 0. The fourth-order valence-corrected chi connectivity index (χ4v) is 3.00. The molecule has 0 aliphatic carbocycles. The van der Waals surface area contributed by atoms with Gasteiger partial charge in [-0.25, -0.2) is 0 Å². The minimum Gasteiger partial charge on any atom is -0.466 e. The number of aryl methyl sites for hydroxylation is 1. The van der Waals surface area contributed by atoms with E-state index in [4.69, 9.17) is 16.3 Å². The molecule has 0 amide bonds. The first-order chi connectivity index (χ1) is 13.2. The number of carbonyl (C=O) groups excluding carboxylic acids is 3. The van der Waals surface area contributed by atoms with E-state index in [2.05, 4.69) is 0 Å². The van der Waals surface area contributed by atoms with Gasteiger partial charge in [-0.3, -0.25) is 24.5 Å². The number of hydrogen-bond acceptors (Lipinski definition) is 6. The van der Waals surface area contributed by atoms with Crippen molar-refractivity contribution in [2.45, 2.75) is 26.7 Å². The van der Waals surface area contributed by atoms with Crippen LogP contribution in [0.25, 0.3) is 0 Å². The lowest BCUT2D eigenvalue weighted by Gasteiger charge is -2.16. The van der Waals surface area contributed by atoms with E-state index in [1.807, 2.05) is 6.92 Å². The van der Waals surface area contributed by atoms with Crippen molar-refractivity contribution in [3.8, 4) is 0 Å². The molecule has 0 fully saturated rings. The second-order valence-corrected chi connectivity index (χ2v) is 6.47. The highest BCUT2D eigenvalue weighted by atomic mass is 35.5. The molecule has 2 rings (SSSR count). The maximum Gasteiger partial charge on any atom is 0.313 e. The zero-order chi connectivity index (χ0) is 21.0. The molecule has 28 heavy (non-hydrogen) atoms. The van der Waals surface area contributed by atoms with Gasteiger partial charge in [-0.2, -0.15) is 0 Å². The van der Waals surface area contributed by atoms with Gasteiger partial charge in [-0.1, -0.05) is 29.8 Å². The van der Waals surface area contributed by atoms with Crippen molar-refractivity contribution < 1.29 is 24.0 Å². The van der Waals surface area contributed by atoms with Crippen molar-refractivity contribution in [3.05, 3.63) is 74.3 Å². The van der Waals surface area contributed by atoms with Crippen LogP contribution < -0.4 is 0 Å². The lowest BCUT2D eigenvalue weighted by atomic mass is 9.87. The van der Waals surface area contributed by atoms with Crippen LogP contribution in [-0.2, 0) is 9.53 Å². The molecular formula is C20H18ClNO6. The summed E-state index contributed by atoms with van der Waals surface area (Å²) in [5, 5.41) is 10.7. The largest absolute Gasteiger partial charge is 0.466 e. The van der Waals surface area contributed by atoms with Crippen LogP contribution in [0.5, 0.6) is 0 Å². The molecule has 0 bridgehead atoms. The first-order valence-electron chi connectivity index (χ1n) is 8.48. The van der Waals surface area contributed by atoms with E-state index in [0.29, 0.717) is 5.56 Å². The number of carbonyl (C=O) groups is 3. The second kappa shape index (κ2) is 8.75. The van der Waals surface area contributed by atoms with Crippen molar-refractivity contribution in [1.29, 1.82) is 0 Å². The predicted octanol–water partition coefficient (Wildman–Crippen LogP) is 4.18. The normalized spacial score (nSPS) is 11.6. The van der Waals surface area contributed by atoms with Gasteiger partial charge < -0.3 is 4.74 Å². The highest BCUT2D eigenvalue weighted by molar-refractivity contribution is 6.68. The van der Waals surface area contributed by atoms with Crippen molar-refractivity contribution >= 4 is 34.3 Å². The average molecular weight is 404 g/mol. The summed E-state index contributed by atoms with van der Waals surface area (Å²) in [6, 6.07) is 9.03. The fourth-order valence-electron chi connectivity index (χ4n) is 2.85. The van der Waals surface area contributed by atoms with Crippen LogP contribution in [-0.4, -0.2) is 28.5 Å². The Morgan fingerprint density at radius 1 is 1.11 bits per heavy atom. The summed E-state index contributed by atoms with van der Waals surface area (Å²) >= 11 is 5.49. The highest BCUT2D eigenvalue weighted by Gasteiger charge is 2.35. The standard InChI is InChI=1S/C20H18ClNO6/c1-4-28-20(25)12(3)16-14(18(23)13-7-5-11(2)6-8-13)9-10-15(19(21)24)17(16)22(26)27/h5-10,12H,4H2,1-3H3. The zero-order valence-corrected chi connectivity index (χ0v) is 16.3. The lowest BCUT2D eigenvalue weighted by molar-refractivity contribution is -0.385. The van der Waals surface area contributed by atoms with E-state index >= 15 is 0 Å². The van der Waals surface area contributed by atoms with Gasteiger partial charge in [0.15, 0.2) is 5.78 Å². The van der Waals surface area contributed by atoms with Crippen molar-refractivity contribution in [2.75, 3.05) is 6.61 Å². The Bertz CT molecular complexity index is 952. The average Bonchev–Trinajstić information content (AvgIpc) is 2.66. The number of nitro groups is 1. The molecular weight excluding hydrogens is 386 g/mol. The molecule has 8 heteroatoms. The van der Waals surface area contributed by atoms with E-state index in [-0.39, 0.29) is 17.7 Å². The molecule has 0 aliphatic rings. The first kappa shape index (κ1) is 21.2. The second-order valence-electron chi connectivity index (χ2n) is 6.12. The van der Waals surface area contributed by atoms with Gasteiger partial charge >= 0.3 is 5.97 Å². The molecule has 0 radical (unpaired) electrons. The quantitative estimate of drug-likeness (QED) is 0.226. The maximum absolute atomic E-state index is 13.0. The van der Waals surface area contributed by atoms with E-state index in [9.17, 15) is 24.5 Å². The Hall–Kier alpha value is -3.06. The highest BCUT2D eigenvalue weighted by Crippen LogP contribution is 2.36. The molecule has 0 saturated heterocycles. The molecule has 1 unspecified atom stereocenters. The number of halogens is 1. The number of ether oxygens (including phenoxy) is 1. The van der Waals surface area contributed by atoms with Crippen LogP contribution in [0.4, 0.5) is 5.69 Å². The summed E-state index contributed by atoms with van der Waals surface area (Å²) in [7, 11) is 0. The van der Waals surface area contributed by atoms with Crippen LogP contribution >= 0.6 is 11.6 Å². The van der Waals surface area contributed by atoms with Gasteiger partial charge in [0.05, 0.1) is 23.0 Å². The third-order valence-electron chi connectivity index (χ3n) is 4.24. The Morgan fingerprint density at radius 3 is 2.18 bits per heavy atom. The van der Waals surface area contributed by atoms with E-state index in [1.54, 1.807) is 31.2 Å². The minimum atomic E-state index is -1.15. The molecule has 7 nitrogen and oxygen atoms in total. The predicted molar refractivity (Wildman–Crippen MR) is 103 cm³/mol. The molecule has 0 aromatic heterocycles. The number of nitro benzene ring substituents is 1. The topological polar surface area (TPSA) is 104 Å². The Balaban J connectivity index is 2.77. The molecule has 2 aromatic rings. The van der Waals surface area contributed by atoms with Crippen LogP contribution in [0.15, 0.2) is 36.4 Å². The first-order valence-corrected chi connectivity index (χ1v) is 8.85. The number of benzene rings is 2. The Morgan fingerprint density at radius 2 is 1.68 bits per heavy atom. The summed E-state index contributed by atoms with van der Waals surface area (Å²) in [5.41, 5.74) is -0.0806. The molecule has 0 heterocycles. The van der Waals surface area contributed by atoms with Crippen molar-refractivity contribution in [3.63, 3.8) is 0 Å². The third kappa shape index (κ3) is 4.26. The Labute approximate surface area is 166 Å². The molecule has 2 aromatic carbocycles. The zero-order valence-electron chi connectivity index (χ0n) is 15.5. The molecule has 0 spiro atoms. The summed E-state index contributed by atoms with van der Waals surface area (Å²) in [5.74, 6) is -2.41. The number of esters is 1. The van der Waals surface area contributed by atoms with Gasteiger partial charge in [-0.05, 0) is 44.5 Å². The number of hydrogen-bond donors (Lipinski definition) is 0. The summed E-state index contributed by atoms with van der Waals surface area (Å²) in [4.78, 5) is 47.9. The molecule has 0 saturated carbocycles. The van der Waals surface area contributed by atoms with Crippen LogP contribution in [0.2, 0.25) is 0 Å². The third-order valence-corrected chi connectivity index (χ3v) is 4.45. The number of nitrogens with zero attached hydrogens (tertiary/aromatic N) is 1. The lowest BCUT2D eigenvalue weighted by Crippen LogP contribution is -2.19. The molecule has 1 atom stereocenters. The monoisotopic (exact) mass is 403 g/mol. The van der Waals surface area contributed by atoms with Gasteiger partial charge in [0.1, 0.15) is 5.56 Å². The molecule has 0 N–H and O–H groups in total. The van der Waals surface area contributed by atoms with Crippen LogP contribution in [0.1, 0.15) is 57.2 Å². The van der Waals surface area contributed by atoms with Gasteiger partial charge in [0.25, 0.3) is 10.9 Å². The van der Waals surface area contributed by atoms with Gasteiger partial charge in [-0.15, -0.1) is 0 Å². The SMILES string of the molecule is CCOC(=O)C(C)c1c(C(=O)c2ccc(C)cc2)ccc(C(=O)Cl)c1[N+](=O)[O-]. The molecule has 146 valence electrons. The van der Waals surface area contributed by atoms with Crippen LogP contribution in [0.3, 0.4) is 0 Å². The van der Waals surface area contributed by atoms with Crippen molar-refractivity contribution in [2.24, 2.45) is 0 Å². The Kier molecular flexibility index (Phi) is 6.64. The maximum atomic E-state index is 13.0. The molecule has 0 aliphatic heterocycles. The van der Waals surface area contributed by atoms with E-state index in [1.165, 1.54) is 13.0 Å². The summed E-state index contributed by atoms with van der Waals surface area (Å²) in [6.45, 7) is 4.89. The van der Waals surface area contributed by atoms with E-state index in [0.717, 1.165) is 11.6 Å². The minimum absolute atomic E-state index is 0.0576. The van der Waals surface area contributed by atoms with E-state index < -0.39 is 39.1 Å². The van der Waals surface area contributed by atoms with Crippen molar-refractivity contribution in [1.82, 2.24) is 0 Å². The number of ketones is 1. The smallest absolute Gasteiger partial charge is 0.313 e. The number of rotatable bonds is 7. The summed E-state index contributed by atoms with van der Waals surface area (Å²) < 4.78 is 4.96. The van der Waals surface area contributed by atoms with Gasteiger partial charge in [0.2, 0.25) is 0 Å². The van der Waals surface area contributed by atoms with Gasteiger partial charge in [0, 0.05) is 11.1 Å².